The second-order valence-electron chi connectivity index (χ2n) is 8.03. The van der Waals surface area contributed by atoms with E-state index in [9.17, 15) is 9.18 Å². The largest absolute Gasteiger partial charge is 0.283 e. The highest BCUT2D eigenvalue weighted by Crippen LogP contribution is 2.38. The van der Waals surface area contributed by atoms with Gasteiger partial charge in [-0.3, -0.25) is 14.4 Å². The molecule has 7 heteroatoms. The van der Waals surface area contributed by atoms with Gasteiger partial charge in [-0.15, -0.1) is 0 Å². The number of thioether (sulfide) groups is 1. The van der Waals surface area contributed by atoms with Gasteiger partial charge in [0.15, 0.2) is 5.17 Å². The molecule has 0 bridgehead atoms. The maximum atomic E-state index is 13.4. The quantitative estimate of drug-likeness (QED) is 0.501. The molecule has 1 aliphatic heterocycles. The minimum Gasteiger partial charge on any atom is -0.283 e. The van der Waals surface area contributed by atoms with Gasteiger partial charge in [0.2, 0.25) is 0 Å². The Kier molecular flexibility index (Phi) is 5.36. The summed E-state index contributed by atoms with van der Waals surface area (Å²) in [6.07, 6.45) is 9.20. The monoisotopic (exact) mass is 434 g/mol. The first-order valence-electron chi connectivity index (χ1n) is 10.6. The lowest BCUT2D eigenvalue weighted by Crippen LogP contribution is -2.40. The van der Waals surface area contributed by atoms with Crippen molar-refractivity contribution in [2.24, 2.45) is 12.0 Å². The lowest BCUT2D eigenvalue weighted by molar-refractivity contribution is -0.124. The second-order valence-corrected chi connectivity index (χ2v) is 9.04. The number of nitrogens with zero attached hydrogens (tertiary/aromatic N) is 4. The van der Waals surface area contributed by atoms with Crippen LogP contribution in [0.1, 0.15) is 37.7 Å². The fourth-order valence-corrected chi connectivity index (χ4v) is 5.33. The lowest BCUT2D eigenvalue weighted by atomic mass is 9.94. The first kappa shape index (κ1) is 20.0. The van der Waals surface area contributed by atoms with Crippen LogP contribution in [0.5, 0.6) is 0 Å². The fourth-order valence-electron chi connectivity index (χ4n) is 4.28. The zero-order valence-corrected chi connectivity index (χ0v) is 18.1. The van der Waals surface area contributed by atoms with Crippen molar-refractivity contribution >= 4 is 45.5 Å². The molecular formula is C24H23FN4OS. The average Bonchev–Trinajstić information content (AvgIpc) is 3.30. The van der Waals surface area contributed by atoms with Gasteiger partial charge in [0.1, 0.15) is 5.82 Å². The summed E-state index contributed by atoms with van der Waals surface area (Å²) >= 11 is 1.40. The van der Waals surface area contributed by atoms with Crippen LogP contribution in [-0.2, 0) is 11.8 Å². The third-order valence-corrected chi connectivity index (χ3v) is 6.88. The molecule has 158 valence electrons. The number of aliphatic imine (C=N–C) groups is 1. The van der Waals surface area contributed by atoms with E-state index in [4.69, 9.17) is 4.99 Å². The molecule has 0 unspecified atom stereocenters. The summed E-state index contributed by atoms with van der Waals surface area (Å²) in [5.41, 5.74) is 2.66. The van der Waals surface area contributed by atoms with Crippen molar-refractivity contribution in [1.82, 2.24) is 14.7 Å². The summed E-state index contributed by atoms with van der Waals surface area (Å²) in [4.78, 5) is 20.7. The first-order chi connectivity index (χ1) is 15.1. The van der Waals surface area contributed by atoms with E-state index in [0.717, 1.165) is 42.1 Å². The van der Waals surface area contributed by atoms with E-state index in [0.29, 0.717) is 15.8 Å². The van der Waals surface area contributed by atoms with Gasteiger partial charge in [-0.25, -0.2) is 9.38 Å². The van der Waals surface area contributed by atoms with Gasteiger partial charge in [-0.05, 0) is 72.6 Å². The number of aryl methyl sites for hydroxylation is 1. The Labute approximate surface area is 184 Å². The minimum atomic E-state index is -0.297. The van der Waals surface area contributed by atoms with Crippen LogP contribution in [-0.4, -0.2) is 31.8 Å². The molecule has 2 aromatic carbocycles. The molecule has 2 aliphatic rings. The maximum absolute atomic E-state index is 13.4. The molecular weight excluding hydrogens is 411 g/mol. The van der Waals surface area contributed by atoms with Crippen LogP contribution in [0.3, 0.4) is 0 Å². The minimum absolute atomic E-state index is 0.00375. The van der Waals surface area contributed by atoms with Crippen LogP contribution < -0.4 is 0 Å². The Morgan fingerprint density at radius 1 is 1.13 bits per heavy atom. The number of carbonyl (C=O) groups is 1. The first-order valence-corrected chi connectivity index (χ1v) is 11.4. The van der Waals surface area contributed by atoms with Crippen molar-refractivity contribution in [3.63, 3.8) is 0 Å². The number of amides is 1. The highest BCUT2D eigenvalue weighted by atomic mass is 32.2. The van der Waals surface area contributed by atoms with Crippen LogP contribution in [0.15, 0.2) is 58.6 Å². The number of benzene rings is 2. The maximum Gasteiger partial charge on any atom is 0.267 e. The molecule has 31 heavy (non-hydrogen) atoms. The normalized spacial score (nSPS) is 20.5. The van der Waals surface area contributed by atoms with Crippen LogP contribution in [0, 0.1) is 5.82 Å². The standard InChI is InChI=1S/C24H23FN4OS/c1-28-21-12-7-16(13-17(21)15-26-28)14-22-23(30)29(20-5-3-2-4-6-20)24(31-22)27-19-10-8-18(25)9-11-19/h7-15,20H,2-6H2,1H3/b22-14-,27-24?. The molecule has 1 amide bonds. The van der Waals surface area contributed by atoms with E-state index in [-0.39, 0.29) is 17.8 Å². The van der Waals surface area contributed by atoms with Crippen molar-refractivity contribution in [2.75, 3.05) is 0 Å². The molecule has 1 aliphatic carbocycles. The zero-order valence-electron chi connectivity index (χ0n) is 17.3. The summed E-state index contributed by atoms with van der Waals surface area (Å²) in [5.74, 6) is -0.293. The molecule has 0 spiro atoms. The number of rotatable bonds is 3. The topological polar surface area (TPSA) is 50.5 Å². The summed E-state index contributed by atoms with van der Waals surface area (Å²) in [5, 5.41) is 6.01. The Morgan fingerprint density at radius 3 is 2.68 bits per heavy atom. The molecule has 5 nitrogen and oxygen atoms in total. The van der Waals surface area contributed by atoms with Crippen LogP contribution in [0.4, 0.5) is 10.1 Å². The summed E-state index contributed by atoms with van der Waals surface area (Å²) in [7, 11) is 1.91. The van der Waals surface area contributed by atoms with E-state index in [2.05, 4.69) is 5.10 Å². The van der Waals surface area contributed by atoms with E-state index >= 15 is 0 Å². The number of fused-ring (bicyclic) bond motifs is 1. The summed E-state index contributed by atoms with van der Waals surface area (Å²) in [6.45, 7) is 0. The highest BCUT2D eigenvalue weighted by molar-refractivity contribution is 8.18. The SMILES string of the molecule is Cn1ncc2cc(/C=C3\SC(=Nc4ccc(F)cc4)N(C4CCCCC4)C3=O)ccc21. The molecule has 3 aromatic rings. The zero-order chi connectivity index (χ0) is 21.4. The predicted molar refractivity (Wildman–Crippen MR) is 123 cm³/mol. The number of carbonyl (C=O) groups excluding carboxylic acids is 1. The Balaban J connectivity index is 1.51. The van der Waals surface area contributed by atoms with E-state index in [1.165, 1.54) is 30.3 Å². The number of amidine groups is 1. The molecule has 1 aromatic heterocycles. The molecule has 0 radical (unpaired) electrons. The van der Waals surface area contributed by atoms with Gasteiger partial charge >= 0.3 is 0 Å². The molecule has 2 fully saturated rings. The molecule has 0 atom stereocenters. The van der Waals surface area contributed by atoms with Crippen molar-refractivity contribution in [3.05, 3.63) is 64.9 Å². The average molecular weight is 435 g/mol. The van der Waals surface area contributed by atoms with Gasteiger partial charge in [0.05, 0.1) is 22.3 Å². The molecule has 0 N–H and O–H groups in total. The highest BCUT2D eigenvalue weighted by Gasteiger charge is 2.38. The van der Waals surface area contributed by atoms with Gasteiger partial charge < -0.3 is 0 Å². The Hall–Kier alpha value is -2.93. The van der Waals surface area contributed by atoms with E-state index in [1.807, 2.05) is 47.1 Å². The molecule has 5 rings (SSSR count). The van der Waals surface area contributed by atoms with Crippen molar-refractivity contribution in [1.29, 1.82) is 0 Å². The number of hydrogen-bond acceptors (Lipinski definition) is 4. The number of hydrogen-bond donors (Lipinski definition) is 0. The molecule has 2 heterocycles. The van der Waals surface area contributed by atoms with E-state index < -0.39 is 0 Å². The Morgan fingerprint density at radius 2 is 1.90 bits per heavy atom. The molecule has 1 saturated carbocycles. The van der Waals surface area contributed by atoms with Crippen LogP contribution in [0.2, 0.25) is 0 Å². The van der Waals surface area contributed by atoms with Gasteiger partial charge in [0.25, 0.3) is 5.91 Å². The van der Waals surface area contributed by atoms with Crippen molar-refractivity contribution in [2.45, 2.75) is 38.1 Å². The molecule has 1 saturated heterocycles. The second kappa shape index (κ2) is 8.30. The third kappa shape index (κ3) is 4.02. The number of halogens is 1. The van der Waals surface area contributed by atoms with Gasteiger partial charge in [-0.1, -0.05) is 25.3 Å². The summed E-state index contributed by atoms with van der Waals surface area (Å²) < 4.78 is 15.1. The third-order valence-electron chi connectivity index (χ3n) is 5.90. The van der Waals surface area contributed by atoms with Crippen LogP contribution >= 0.6 is 11.8 Å². The summed E-state index contributed by atoms with van der Waals surface area (Å²) in [6, 6.07) is 12.3. The van der Waals surface area contributed by atoms with Crippen molar-refractivity contribution < 1.29 is 9.18 Å². The van der Waals surface area contributed by atoms with E-state index in [1.54, 1.807) is 12.1 Å². The van der Waals surface area contributed by atoms with Crippen molar-refractivity contribution in [3.8, 4) is 0 Å². The van der Waals surface area contributed by atoms with Crippen LogP contribution in [0.25, 0.3) is 17.0 Å². The lowest BCUT2D eigenvalue weighted by Gasteiger charge is -2.30. The smallest absolute Gasteiger partial charge is 0.267 e. The van der Waals surface area contributed by atoms with Gasteiger partial charge in [0, 0.05) is 18.5 Å². The fraction of sp³-hybridized carbons (Fsp3) is 0.292. The Bertz CT molecular complexity index is 1190. The van der Waals surface area contributed by atoms with Gasteiger partial charge in [-0.2, -0.15) is 5.10 Å². The predicted octanol–water partition coefficient (Wildman–Crippen LogP) is 5.65. The number of aromatic nitrogens is 2.